The highest BCUT2D eigenvalue weighted by Gasteiger charge is 2.32. The lowest BCUT2D eigenvalue weighted by Crippen LogP contribution is -2.51. The van der Waals surface area contributed by atoms with Gasteiger partial charge in [0.25, 0.3) is 0 Å². The molecule has 5 heteroatoms. The third-order valence-electron chi connectivity index (χ3n) is 5.15. The van der Waals surface area contributed by atoms with Crippen molar-refractivity contribution in [1.82, 2.24) is 14.8 Å². The first-order valence-electron chi connectivity index (χ1n) is 8.26. The van der Waals surface area contributed by atoms with Crippen molar-refractivity contribution in [2.45, 2.75) is 18.9 Å². The van der Waals surface area contributed by atoms with Crippen molar-refractivity contribution in [2.75, 3.05) is 26.2 Å². The molecular weight excluding hydrogens is 288 g/mol. The van der Waals surface area contributed by atoms with Crippen molar-refractivity contribution in [3.8, 4) is 0 Å². The van der Waals surface area contributed by atoms with E-state index in [4.69, 9.17) is 5.73 Å². The Kier molecular flexibility index (Phi) is 3.58. The van der Waals surface area contributed by atoms with E-state index in [2.05, 4.69) is 40.2 Å². The Morgan fingerprint density at radius 3 is 2.57 bits per heavy atom. The van der Waals surface area contributed by atoms with Crippen molar-refractivity contribution in [1.29, 1.82) is 0 Å². The van der Waals surface area contributed by atoms with Crippen LogP contribution in [0.4, 0.5) is 4.79 Å². The molecule has 1 aliphatic heterocycles. The summed E-state index contributed by atoms with van der Waals surface area (Å²) in [6, 6.07) is 10.9. The van der Waals surface area contributed by atoms with E-state index in [9.17, 15) is 4.79 Å². The van der Waals surface area contributed by atoms with Gasteiger partial charge in [-0.15, -0.1) is 0 Å². The molecule has 1 aliphatic carbocycles. The van der Waals surface area contributed by atoms with Gasteiger partial charge in [0, 0.05) is 38.1 Å². The lowest BCUT2D eigenvalue weighted by atomic mass is 9.96. The minimum Gasteiger partial charge on any atom is -0.363 e. The second kappa shape index (κ2) is 5.74. The number of urea groups is 1. The number of amides is 2. The van der Waals surface area contributed by atoms with Crippen LogP contribution in [0, 0.1) is 0 Å². The topological polar surface area (TPSA) is 65.4 Å². The lowest BCUT2D eigenvalue weighted by molar-refractivity contribution is 0.123. The van der Waals surface area contributed by atoms with Crippen LogP contribution in [0.1, 0.15) is 28.4 Å². The van der Waals surface area contributed by atoms with E-state index in [1.54, 1.807) is 4.90 Å². The molecule has 1 aromatic carbocycles. The predicted molar refractivity (Wildman–Crippen MR) is 89.2 cm³/mol. The molecule has 1 aromatic heterocycles. The number of H-pyrrole nitrogens is 1. The standard InChI is InChI=1S/C18H22N4O/c19-18(23)22-11-9-21(10-12-22)17-15-4-2-1-3-13(15)5-6-14-7-8-20-16(14)17/h1-4,7-8,17,20H,5-6,9-12H2,(H2,19,23). The van der Waals surface area contributed by atoms with Gasteiger partial charge in [-0.1, -0.05) is 24.3 Å². The van der Waals surface area contributed by atoms with E-state index >= 15 is 0 Å². The number of rotatable bonds is 1. The number of aryl methyl sites for hydroxylation is 2. The summed E-state index contributed by atoms with van der Waals surface area (Å²) >= 11 is 0. The first kappa shape index (κ1) is 14.3. The molecule has 1 unspecified atom stereocenters. The highest BCUT2D eigenvalue weighted by atomic mass is 16.2. The van der Waals surface area contributed by atoms with Gasteiger partial charge in [-0.2, -0.15) is 0 Å². The second-order valence-electron chi connectivity index (χ2n) is 6.38. The summed E-state index contributed by atoms with van der Waals surface area (Å²) in [6.07, 6.45) is 4.21. The highest BCUT2D eigenvalue weighted by Crippen LogP contribution is 2.36. The number of carbonyl (C=O) groups is 1. The molecule has 3 N–H and O–H groups in total. The van der Waals surface area contributed by atoms with Crippen LogP contribution in [0.2, 0.25) is 0 Å². The summed E-state index contributed by atoms with van der Waals surface area (Å²) in [5, 5.41) is 0. The quantitative estimate of drug-likeness (QED) is 0.845. The van der Waals surface area contributed by atoms with E-state index < -0.39 is 0 Å². The van der Waals surface area contributed by atoms with Gasteiger partial charge in [0.1, 0.15) is 0 Å². The summed E-state index contributed by atoms with van der Waals surface area (Å²) in [4.78, 5) is 19.0. The number of aromatic amines is 1. The Labute approximate surface area is 136 Å². The summed E-state index contributed by atoms with van der Waals surface area (Å²) in [5.41, 5.74) is 10.9. The highest BCUT2D eigenvalue weighted by molar-refractivity contribution is 5.72. The van der Waals surface area contributed by atoms with Crippen LogP contribution in [0.25, 0.3) is 0 Å². The molecule has 4 rings (SSSR count). The maximum Gasteiger partial charge on any atom is 0.314 e. The van der Waals surface area contributed by atoms with Crippen LogP contribution in [0.3, 0.4) is 0 Å². The minimum absolute atomic E-state index is 0.244. The smallest absolute Gasteiger partial charge is 0.314 e. The van der Waals surface area contributed by atoms with Gasteiger partial charge in [-0.05, 0) is 35.6 Å². The van der Waals surface area contributed by atoms with Crippen LogP contribution < -0.4 is 5.73 Å². The van der Waals surface area contributed by atoms with Gasteiger partial charge in [-0.25, -0.2) is 4.79 Å². The molecule has 120 valence electrons. The number of aromatic nitrogens is 1. The number of piperazine rings is 1. The molecule has 1 saturated heterocycles. The molecule has 0 radical (unpaired) electrons. The van der Waals surface area contributed by atoms with Crippen molar-refractivity contribution < 1.29 is 4.79 Å². The Hall–Kier alpha value is -2.27. The van der Waals surface area contributed by atoms with Gasteiger partial charge in [0.05, 0.1) is 6.04 Å². The molecule has 2 heterocycles. The summed E-state index contributed by atoms with van der Waals surface area (Å²) in [7, 11) is 0. The van der Waals surface area contributed by atoms with Crippen LogP contribution in [0.15, 0.2) is 36.5 Å². The van der Waals surface area contributed by atoms with Crippen LogP contribution in [0.5, 0.6) is 0 Å². The third-order valence-corrected chi connectivity index (χ3v) is 5.15. The molecule has 0 saturated carbocycles. The molecule has 0 spiro atoms. The van der Waals surface area contributed by atoms with E-state index in [0.717, 1.165) is 25.9 Å². The molecule has 23 heavy (non-hydrogen) atoms. The molecular formula is C18H22N4O. The minimum atomic E-state index is -0.313. The first-order valence-corrected chi connectivity index (χ1v) is 8.26. The monoisotopic (exact) mass is 310 g/mol. The number of fused-ring (bicyclic) bond motifs is 2. The molecule has 2 aliphatic rings. The molecule has 1 fully saturated rings. The third kappa shape index (κ3) is 2.51. The van der Waals surface area contributed by atoms with Gasteiger partial charge in [0.2, 0.25) is 0 Å². The van der Waals surface area contributed by atoms with Crippen LogP contribution in [-0.4, -0.2) is 47.0 Å². The average molecular weight is 310 g/mol. The Bertz CT molecular complexity index is 715. The maximum atomic E-state index is 11.4. The fourth-order valence-electron chi connectivity index (χ4n) is 3.92. The number of nitrogens with two attached hydrogens (primary N) is 1. The Morgan fingerprint density at radius 2 is 1.78 bits per heavy atom. The largest absolute Gasteiger partial charge is 0.363 e. The molecule has 0 bridgehead atoms. The first-order chi connectivity index (χ1) is 11.2. The zero-order chi connectivity index (χ0) is 15.8. The predicted octanol–water partition coefficient (Wildman–Crippen LogP) is 1.90. The van der Waals surface area contributed by atoms with Crippen molar-refractivity contribution in [3.63, 3.8) is 0 Å². The van der Waals surface area contributed by atoms with Crippen molar-refractivity contribution in [2.24, 2.45) is 5.73 Å². The van der Waals surface area contributed by atoms with E-state index in [1.807, 2.05) is 6.20 Å². The number of nitrogens with one attached hydrogen (secondary N) is 1. The fraction of sp³-hybridized carbons (Fsp3) is 0.389. The SMILES string of the molecule is NC(=O)N1CCN(C2c3ccccc3CCc3cc[nH]c32)CC1. The number of carbonyl (C=O) groups excluding carboxylic acids is 1. The Morgan fingerprint density at radius 1 is 1.04 bits per heavy atom. The van der Waals surface area contributed by atoms with Crippen LogP contribution >= 0.6 is 0 Å². The van der Waals surface area contributed by atoms with Crippen LogP contribution in [-0.2, 0) is 12.8 Å². The van der Waals surface area contributed by atoms with Gasteiger partial charge < -0.3 is 15.6 Å². The van der Waals surface area contributed by atoms with E-state index in [1.165, 1.54) is 22.4 Å². The normalized spacial score (nSPS) is 21.4. The number of benzene rings is 1. The molecule has 2 aromatic rings. The van der Waals surface area contributed by atoms with Gasteiger partial charge in [0.15, 0.2) is 0 Å². The second-order valence-corrected chi connectivity index (χ2v) is 6.38. The average Bonchev–Trinajstić information content (AvgIpc) is 2.97. The van der Waals surface area contributed by atoms with E-state index in [-0.39, 0.29) is 12.1 Å². The zero-order valence-electron chi connectivity index (χ0n) is 13.2. The number of nitrogens with zero attached hydrogens (tertiary/aromatic N) is 2. The zero-order valence-corrected chi connectivity index (χ0v) is 13.2. The lowest BCUT2D eigenvalue weighted by Gasteiger charge is -2.39. The summed E-state index contributed by atoms with van der Waals surface area (Å²) in [6.45, 7) is 3.09. The summed E-state index contributed by atoms with van der Waals surface area (Å²) < 4.78 is 0. The Balaban J connectivity index is 1.70. The molecule has 2 amide bonds. The number of hydrogen-bond acceptors (Lipinski definition) is 2. The van der Waals surface area contributed by atoms with Crippen molar-refractivity contribution >= 4 is 6.03 Å². The number of primary amides is 1. The van der Waals surface area contributed by atoms with E-state index in [0.29, 0.717) is 13.1 Å². The maximum absolute atomic E-state index is 11.4. The van der Waals surface area contributed by atoms with Crippen molar-refractivity contribution in [3.05, 3.63) is 58.9 Å². The summed E-state index contributed by atoms with van der Waals surface area (Å²) in [5.74, 6) is 0. The van der Waals surface area contributed by atoms with Gasteiger partial charge >= 0.3 is 6.03 Å². The molecule has 1 atom stereocenters. The molecule has 5 nitrogen and oxygen atoms in total. The van der Waals surface area contributed by atoms with Gasteiger partial charge in [-0.3, -0.25) is 4.90 Å². The number of hydrogen-bond donors (Lipinski definition) is 2. The fourth-order valence-corrected chi connectivity index (χ4v) is 3.92.